The van der Waals surface area contributed by atoms with E-state index in [0.717, 1.165) is 77.2 Å². The molecule has 7 rings (SSSR count). The lowest BCUT2D eigenvalue weighted by Crippen LogP contribution is -2.49. The van der Waals surface area contributed by atoms with Gasteiger partial charge in [-0.1, -0.05) is 241 Å². The van der Waals surface area contributed by atoms with E-state index in [9.17, 15) is 19.8 Å². The summed E-state index contributed by atoms with van der Waals surface area (Å²) in [7, 11) is 1.39. The van der Waals surface area contributed by atoms with Gasteiger partial charge < -0.3 is 25.0 Å². The highest BCUT2D eigenvalue weighted by Gasteiger charge is 2.26. The average Bonchev–Trinajstić information content (AvgIpc) is 3.47. The molecule has 1 saturated heterocycles. The number of unbranched alkanes of at least 4 members (excludes halogenated alkanes) is 6. The van der Waals surface area contributed by atoms with E-state index in [4.69, 9.17) is 14.5 Å². The molecule has 432 valence electrons. The largest absolute Gasteiger partial charge is 0.467 e. The number of rotatable bonds is 24. The number of ether oxygens (including phenoxy) is 2. The Morgan fingerprint density at radius 1 is 0.532 bits per heavy atom. The molecule has 0 aromatic heterocycles. The Morgan fingerprint density at radius 3 is 1.30 bits per heavy atom. The summed E-state index contributed by atoms with van der Waals surface area (Å²) >= 11 is 0. The summed E-state index contributed by atoms with van der Waals surface area (Å²) in [6.07, 6.45) is 8.94. The summed E-state index contributed by atoms with van der Waals surface area (Å²) in [4.78, 5) is 36.2. The average molecular weight is 1170 g/mol. The number of aliphatic hydroxyl groups excluding tert-OH is 2. The summed E-state index contributed by atoms with van der Waals surface area (Å²) in [6.45, 7) is 9.95. The molecule has 0 aliphatic carbocycles. The van der Waals surface area contributed by atoms with E-state index in [1.807, 2.05) is 165 Å². The van der Waals surface area contributed by atoms with Crippen LogP contribution in [-0.4, -0.2) is 96.5 Å². The fourth-order valence-electron chi connectivity index (χ4n) is 8.73. The van der Waals surface area contributed by atoms with Gasteiger partial charge in [-0.15, -0.1) is 0 Å². The van der Waals surface area contributed by atoms with Crippen molar-refractivity contribution in [1.29, 1.82) is 0 Å². The molecule has 6 aromatic carbocycles. The van der Waals surface area contributed by atoms with Crippen LogP contribution in [-0.2, 0) is 19.1 Å². The number of carbonyl (C=O) groups excluding carboxylic acids is 2. The number of morpholine rings is 1. The van der Waals surface area contributed by atoms with Crippen LogP contribution in [0.1, 0.15) is 131 Å². The summed E-state index contributed by atoms with van der Waals surface area (Å²) in [5, 5.41) is 24.8. The monoisotopic (exact) mass is 1170 g/mol. The highest BCUT2D eigenvalue weighted by Crippen LogP contribution is 2.24. The number of esters is 1. The predicted octanol–water partition coefficient (Wildman–Crippen LogP) is 12.8. The van der Waals surface area contributed by atoms with Crippen molar-refractivity contribution in [3.8, 4) is 0 Å². The fourth-order valence-corrected chi connectivity index (χ4v) is 8.73. The van der Waals surface area contributed by atoms with Gasteiger partial charge in [0.2, 0.25) is 5.91 Å². The first kappa shape index (κ1) is 74.2. The van der Waals surface area contributed by atoms with Crippen LogP contribution in [0.3, 0.4) is 0 Å². The molecule has 1 fully saturated rings. The molecule has 79 heavy (non-hydrogen) atoms. The SMILES string of the molecule is CCCCCCCCCC(=O)N[C@@H](CN1CCOCC1)[C@@H](O)c1ccccc1.CC[C@H](N=C(c1ccccc1)c1ccccc1)C(=O)OC.CC[C@H](N=C(c1ccccc1)c1ccccc1)[C@@H](O)c1ccccc1.S.S.S.S.S. The Kier molecular flexibility index (Phi) is 41.2. The predicted molar refractivity (Wildman–Crippen MR) is 354 cm³/mol. The minimum absolute atomic E-state index is 0. The van der Waals surface area contributed by atoms with Crippen LogP contribution in [0, 0.1) is 0 Å². The number of hydrogen-bond acceptors (Lipinski definition) is 9. The molecular weight excluding hydrogens is 1080 g/mol. The van der Waals surface area contributed by atoms with Gasteiger partial charge in [-0.25, -0.2) is 4.79 Å². The summed E-state index contributed by atoms with van der Waals surface area (Å²) in [5.41, 5.74) is 7.59. The van der Waals surface area contributed by atoms with E-state index in [-0.39, 0.29) is 91.4 Å². The summed E-state index contributed by atoms with van der Waals surface area (Å²) in [6, 6.07) is 58.5. The minimum atomic E-state index is -0.706. The number of aliphatic imine (C=N–C) groups is 2. The zero-order chi connectivity index (χ0) is 52.6. The van der Waals surface area contributed by atoms with Gasteiger partial charge in [0, 0.05) is 48.3 Å². The van der Waals surface area contributed by atoms with Gasteiger partial charge >= 0.3 is 5.97 Å². The van der Waals surface area contributed by atoms with Crippen LogP contribution in [0.2, 0.25) is 0 Å². The Bertz CT molecular complexity index is 2430. The van der Waals surface area contributed by atoms with E-state index < -0.39 is 18.2 Å². The third-order valence-electron chi connectivity index (χ3n) is 13.0. The molecule has 0 unspecified atom stereocenters. The molecule has 5 atom stereocenters. The maximum Gasteiger partial charge on any atom is 0.330 e. The standard InChI is InChI=1S/C23H38N2O3.C23H23NO.C18H19NO2.5H2S/c1-2-3-4-5-6-7-11-14-22(26)24-21(19-25-15-17-28-18-16-25)23(27)20-12-9-8-10-13-20;1-2-21(23(25)20-16-10-5-11-17-20)24-22(18-12-6-3-7-13-18)19-14-8-4-9-15-19;1-3-16(18(20)21-2)19-17(14-10-6-4-7-11-14)15-12-8-5-9-13-15;;;;;/h8-10,12-13,21,23,27H,2-7,11,14-19H2,1H3,(H,24,26);3-17,21,23,25H,2H2,1H3;4-13,16H,3H2,1-2H3;5*1H2/t2*21-,23-;16-;;;;;/m000...../s1. The molecule has 0 bridgehead atoms. The first-order valence-electron chi connectivity index (χ1n) is 26.8. The molecule has 10 nitrogen and oxygen atoms in total. The Hall–Kier alpha value is -4.81. The first-order valence-corrected chi connectivity index (χ1v) is 26.8. The quantitative estimate of drug-likeness (QED) is 0.0312. The molecule has 1 aliphatic heterocycles. The molecule has 6 aromatic rings. The number of nitrogens with one attached hydrogen (secondary N) is 1. The van der Waals surface area contributed by atoms with Gasteiger partial charge in [-0.3, -0.25) is 19.7 Å². The first-order chi connectivity index (χ1) is 36.3. The maximum atomic E-state index is 12.5. The van der Waals surface area contributed by atoms with E-state index in [0.29, 0.717) is 32.6 Å². The molecule has 0 saturated carbocycles. The molecule has 1 aliphatic rings. The maximum absolute atomic E-state index is 12.5. The molecule has 1 heterocycles. The zero-order valence-electron chi connectivity index (χ0n) is 46.7. The van der Waals surface area contributed by atoms with Gasteiger partial charge in [-0.2, -0.15) is 67.5 Å². The van der Waals surface area contributed by atoms with Crippen LogP contribution < -0.4 is 5.32 Å². The highest BCUT2D eigenvalue weighted by atomic mass is 32.1. The van der Waals surface area contributed by atoms with Crippen LogP contribution in [0.25, 0.3) is 0 Å². The topological polar surface area (TPSA) is 133 Å². The van der Waals surface area contributed by atoms with Gasteiger partial charge in [0.25, 0.3) is 0 Å². The second kappa shape index (κ2) is 43.9. The second-order valence-corrected chi connectivity index (χ2v) is 18.5. The number of aliphatic hydroxyl groups is 2. The van der Waals surface area contributed by atoms with Crippen LogP contribution in [0.4, 0.5) is 0 Å². The second-order valence-electron chi connectivity index (χ2n) is 18.5. The van der Waals surface area contributed by atoms with Crippen molar-refractivity contribution < 1.29 is 29.3 Å². The van der Waals surface area contributed by atoms with E-state index >= 15 is 0 Å². The Morgan fingerprint density at radius 2 is 0.911 bits per heavy atom. The lowest BCUT2D eigenvalue weighted by molar-refractivity contribution is -0.142. The highest BCUT2D eigenvalue weighted by molar-refractivity contribution is 7.60. The van der Waals surface area contributed by atoms with Crippen molar-refractivity contribution in [2.24, 2.45) is 9.98 Å². The third-order valence-corrected chi connectivity index (χ3v) is 13.0. The van der Waals surface area contributed by atoms with Crippen molar-refractivity contribution in [3.05, 3.63) is 215 Å². The van der Waals surface area contributed by atoms with Gasteiger partial charge in [0.05, 0.1) is 43.8 Å². The smallest absolute Gasteiger partial charge is 0.330 e. The normalized spacial score (nSPS) is 13.3. The fraction of sp³-hybridized carbons (Fsp3) is 0.375. The Labute approximate surface area is 507 Å². The van der Waals surface area contributed by atoms with Crippen molar-refractivity contribution in [2.45, 2.75) is 115 Å². The number of methoxy groups -OCH3 is 1. The van der Waals surface area contributed by atoms with E-state index in [2.05, 4.69) is 53.3 Å². The molecular formula is C64H90N4O6S5. The minimum Gasteiger partial charge on any atom is -0.467 e. The molecule has 1 amide bonds. The number of carbonyl (C=O) groups is 2. The number of hydrogen-bond donors (Lipinski definition) is 3. The zero-order valence-corrected chi connectivity index (χ0v) is 51.7. The van der Waals surface area contributed by atoms with Crippen molar-refractivity contribution in [2.75, 3.05) is 40.0 Å². The number of benzene rings is 6. The summed E-state index contributed by atoms with van der Waals surface area (Å²) in [5.74, 6) is -0.260. The van der Waals surface area contributed by atoms with Gasteiger partial charge in [-0.05, 0) is 30.4 Å². The molecule has 0 radical (unpaired) electrons. The lowest BCUT2D eigenvalue weighted by Gasteiger charge is -2.33. The summed E-state index contributed by atoms with van der Waals surface area (Å²) < 4.78 is 10.2. The Balaban J connectivity index is 0.00000113. The molecule has 15 heteroatoms. The van der Waals surface area contributed by atoms with Crippen molar-refractivity contribution >= 4 is 90.8 Å². The van der Waals surface area contributed by atoms with Crippen molar-refractivity contribution in [3.63, 3.8) is 0 Å². The molecule has 3 N–H and O–H groups in total. The van der Waals surface area contributed by atoms with E-state index in [1.54, 1.807) is 0 Å². The van der Waals surface area contributed by atoms with Crippen molar-refractivity contribution in [1.82, 2.24) is 10.2 Å². The van der Waals surface area contributed by atoms with Gasteiger partial charge in [0.15, 0.2) is 0 Å². The van der Waals surface area contributed by atoms with Crippen LogP contribution >= 0.6 is 67.5 Å². The van der Waals surface area contributed by atoms with Gasteiger partial charge in [0.1, 0.15) is 18.2 Å². The van der Waals surface area contributed by atoms with E-state index in [1.165, 1.54) is 39.2 Å². The third kappa shape index (κ3) is 26.6. The van der Waals surface area contributed by atoms with Crippen LogP contribution in [0.15, 0.2) is 192 Å². The van der Waals surface area contributed by atoms with Crippen LogP contribution in [0.5, 0.6) is 0 Å². The number of nitrogens with zero attached hydrogens (tertiary/aromatic N) is 3. The number of amides is 1. The molecule has 0 spiro atoms. The lowest BCUT2D eigenvalue weighted by atomic mass is 9.98.